The standard InChI is InChI=1S/C28H36N2O5/c1-16-15-21-25(26(31)22(16)27(32)34-5)24(18-11-13-19(14-12-18)30(3)4)23(17(2)29-21)28(33)35-20-9-7-6-8-10-20/h11-14,16,20,22,24,29H,6-10,15H2,1-5H3/t16-,22-,24-/m1/s1. The van der Waals surface area contributed by atoms with E-state index in [1.54, 1.807) is 0 Å². The normalized spacial score (nSPS) is 25.1. The Morgan fingerprint density at radius 3 is 2.31 bits per heavy atom. The smallest absolute Gasteiger partial charge is 0.337 e. The van der Waals surface area contributed by atoms with Gasteiger partial charge in [-0.1, -0.05) is 25.5 Å². The van der Waals surface area contributed by atoms with Crippen LogP contribution < -0.4 is 10.2 Å². The summed E-state index contributed by atoms with van der Waals surface area (Å²) in [7, 11) is 5.23. The van der Waals surface area contributed by atoms with E-state index in [2.05, 4.69) is 5.32 Å². The van der Waals surface area contributed by atoms with Gasteiger partial charge in [0.1, 0.15) is 12.0 Å². The number of nitrogens with one attached hydrogen (secondary N) is 1. The van der Waals surface area contributed by atoms with Gasteiger partial charge in [0.25, 0.3) is 0 Å². The van der Waals surface area contributed by atoms with Crippen molar-refractivity contribution in [2.75, 3.05) is 26.1 Å². The Kier molecular flexibility index (Phi) is 7.33. The zero-order valence-electron chi connectivity index (χ0n) is 21.3. The Hall–Kier alpha value is -3.09. The molecular weight excluding hydrogens is 444 g/mol. The van der Waals surface area contributed by atoms with Crippen molar-refractivity contribution in [2.45, 2.75) is 64.4 Å². The third-order valence-electron chi connectivity index (χ3n) is 7.53. The molecule has 0 bridgehead atoms. The molecule has 7 heteroatoms. The van der Waals surface area contributed by atoms with Gasteiger partial charge in [0.15, 0.2) is 5.78 Å². The number of carbonyl (C=O) groups is 3. The van der Waals surface area contributed by atoms with Crippen molar-refractivity contribution in [1.82, 2.24) is 5.32 Å². The fourth-order valence-corrected chi connectivity index (χ4v) is 5.65. The average Bonchev–Trinajstić information content (AvgIpc) is 2.83. The molecule has 3 atom stereocenters. The van der Waals surface area contributed by atoms with Crippen LogP contribution in [0.4, 0.5) is 5.69 Å². The first-order valence-electron chi connectivity index (χ1n) is 12.5. The highest BCUT2D eigenvalue weighted by Crippen LogP contribution is 2.46. The van der Waals surface area contributed by atoms with Gasteiger partial charge in [-0.05, 0) is 62.6 Å². The van der Waals surface area contributed by atoms with Crippen molar-refractivity contribution in [2.24, 2.45) is 11.8 Å². The number of hydrogen-bond acceptors (Lipinski definition) is 7. The van der Waals surface area contributed by atoms with E-state index in [1.807, 2.05) is 57.1 Å². The lowest BCUT2D eigenvalue weighted by molar-refractivity contribution is -0.151. The molecule has 0 radical (unpaired) electrons. The van der Waals surface area contributed by atoms with Crippen molar-refractivity contribution < 1.29 is 23.9 Å². The second-order valence-corrected chi connectivity index (χ2v) is 10.2. The maximum atomic E-state index is 13.8. The number of methoxy groups -OCH3 is 1. The number of ether oxygens (including phenoxy) is 2. The van der Waals surface area contributed by atoms with Crippen LogP contribution in [0, 0.1) is 11.8 Å². The average molecular weight is 481 g/mol. The first-order chi connectivity index (χ1) is 16.7. The molecule has 1 saturated carbocycles. The first-order valence-corrected chi connectivity index (χ1v) is 12.5. The quantitative estimate of drug-likeness (QED) is 0.498. The van der Waals surface area contributed by atoms with Gasteiger partial charge in [0.2, 0.25) is 0 Å². The van der Waals surface area contributed by atoms with Crippen LogP contribution in [-0.2, 0) is 23.9 Å². The number of dihydropyridines is 1. The summed E-state index contributed by atoms with van der Waals surface area (Å²) in [5, 5.41) is 3.33. The third-order valence-corrected chi connectivity index (χ3v) is 7.53. The molecule has 1 N–H and O–H groups in total. The molecule has 3 aliphatic rings. The molecule has 0 saturated heterocycles. The predicted octanol–water partition coefficient (Wildman–Crippen LogP) is 4.24. The summed E-state index contributed by atoms with van der Waals surface area (Å²) in [6, 6.07) is 7.86. The highest BCUT2D eigenvalue weighted by Gasteiger charge is 2.47. The second kappa shape index (κ2) is 10.3. The lowest BCUT2D eigenvalue weighted by Crippen LogP contribution is -2.43. The molecule has 0 unspecified atom stereocenters. The van der Waals surface area contributed by atoms with Crippen molar-refractivity contribution >= 4 is 23.4 Å². The number of nitrogens with zero attached hydrogens (tertiary/aromatic N) is 1. The number of ketones is 1. The zero-order valence-corrected chi connectivity index (χ0v) is 21.3. The topological polar surface area (TPSA) is 84.9 Å². The van der Waals surface area contributed by atoms with E-state index in [-0.39, 0.29) is 17.8 Å². The lowest BCUT2D eigenvalue weighted by atomic mass is 9.69. The lowest BCUT2D eigenvalue weighted by Gasteiger charge is -2.38. The van der Waals surface area contributed by atoms with E-state index in [1.165, 1.54) is 7.11 Å². The minimum atomic E-state index is -0.891. The van der Waals surface area contributed by atoms with Gasteiger partial charge in [0, 0.05) is 42.7 Å². The number of Topliss-reactive ketones (excluding diaryl/α,β-unsaturated/α-hetero) is 1. The van der Waals surface area contributed by atoms with Crippen LogP contribution in [0.3, 0.4) is 0 Å². The van der Waals surface area contributed by atoms with E-state index in [0.717, 1.165) is 49.1 Å². The number of benzene rings is 1. The number of hydrogen-bond donors (Lipinski definition) is 1. The Morgan fingerprint density at radius 2 is 1.71 bits per heavy atom. The molecule has 1 fully saturated rings. The number of esters is 2. The zero-order chi connectivity index (χ0) is 25.3. The fraction of sp³-hybridized carbons (Fsp3) is 0.536. The molecule has 35 heavy (non-hydrogen) atoms. The van der Waals surface area contributed by atoms with E-state index in [4.69, 9.17) is 9.47 Å². The maximum absolute atomic E-state index is 13.8. The molecule has 0 amide bonds. The monoisotopic (exact) mass is 480 g/mol. The molecule has 7 nitrogen and oxygen atoms in total. The second-order valence-electron chi connectivity index (χ2n) is 10.2. The maximum Gasteiger partial charge on any atom is 0.337 e. The Bertz CT molecular complexity index is 1060. The number of rotatable bonds is 5. The molecule has 1 aliphatic heterocycles. The Balaban J connectivity index is 1.78. The van der Waals surface area contributed by atoms with Crippen molar-refractivity contribution in [1.29, 1.82) is 0 Å². The molecule has 0 aromatic heterocycles. The van der Waals surface area contributed by atoms with Crippen LogP contribution in [0.15, 0.2) is 46.8 Å². The highest BCUT2D eigenvalue weighted by molar-refractivity contribution is 6.12. The van der Waals surface area contributed by atoms with Gasteiger partial charge in [-0.2, -0.15) is 0 Å². The molecular formula is C28H36N2O5. The molecule has 1 aromatic carbocycles. The van der Waals surface area contributed by atoms with Crippen LogP contribution in [-0.4, -0.2) is 45.0 Å². The van der Waals surface area contributed by atoms with Crippen molar-refractivity contribution in [3.63, 3.8) is 0 Å². The molecule has 2 aliphatic carbocycles. The summed E-state index contributed by atoms with van der Waals surface area (Å²) in [6.45, 7) is 3.75. The third kappa shape index (κ3) is 4.86. The molecule has 1 heterocycles. The number of allylic oxidation sites excluding steroid dienone is 3. The number of anilines is 1. The molecule has 1 aromatic rings. The van der Waals surface area contributed by atoms with E-state index >= 15 is 0 Å². The van der Waals surface area contributed by atoms with Crippen LogP contribution in [0.25, 0.3) is 0 Å². The van der Waals surface area contributed by atoms with Gasteiger partial charge >= 0.3 is 11.9 Å². The van der Waals surface area contributed by atoms with Crippen LogP contribution in [0.2, 0.25) is 0 Å². The van der Waals surface area contributed by atoms with Gasteiger partial charge in [-0.25, -0.2) is 4.79 Å². The van der Waals surface area contributed by atoms with E-state index < -0.39 is 23.8 Å². The largest absolute Gasteiger partial charge is 0.468 e. The highest BCUT2D eigenvalue weighted by atomic mass is 16.5. The number of carbonyl (C=O) groups excluding carboxylic acids is 3. The predicted molar refractivity (Wildman–Crippen MR) is 134 cm³/mol. The summed E-state index contributed by atoms with van der Waals surface area (Å²) in [4.78, 5) is 42.0. The summed E-state index contributed by atoms with van der Waals surface area (Å²) in [5.74, 6) is -2.91. The van der Waals surface area contributed by atoms with Gasteiger partial charge < -0.3 is 19.7 Å². The molecule has 188 valence electrons. The summed E-state index contributed by atoms with van der Waals surface area (Å²) < 4.78 is 11.0. The SMILES string of the molecule is COC(=O)[C@H]1C(=O)C2=C(C[C@H]1C)NC(C)=C(C(=O)OC1CCCCC1)[C@H]2c1ccc(N(C)C)cc1. The van der Waals surface area contributed by atoms with Gasteiger partial charge in [-0.15, -0.1) is 0 Å². The first kappa shape index (κ1) is 25.0. The minimum absolute atomic E-state index is 0.103. The van der Waals surface area contributed by atoms with Gasteiger partial charge in [0.05, 0.1) is 12.7 Å². The minimum Gasteiger partial charge on any atom is -0.468 e. The Labute approximate surface area is 207 Å². The molecule has 0 spiro atoms. The Morgan fingerprint density at radius 1 is 1.06 bits per heavy atom. The molecule has 4 rings (SSSR count). The van der Waals surface area contributed by atoms with Crippen LogP contribution >= 0.6 is 0 Å². The summed E-state index contributed by atoms with van der Waals surface area (Å²) >= 11 is 0. The van der Waals surface area contributed by atoms with Crippen LogP contribution in [0.1, 0.15) is 63.9 Å². The fourth-order valence-electron chi connectivity index (χ4n) is 5.65. The van der Waals surface area contributed by atoms with Gasteiger partial charge in [-0.3, -0.25) is 9.59 Å². The van der Waals surface area contributed by atoms with E-state index in [9.17, 15) is 14.4 Å². The van der Waals surface area contributed by atoms with Crippen molar-refractivity contribution in [3.05, 3.63) is 52.4 Å². The summed E-state index contributed by atoms with van der Waals surface area (Å²) in [6.07, 6.45) is 5.41. The summed E-state index contributed by atoms with van der Waals surface area (Å²) in [5.41, 5.74) is 4.22. The van der Waals surface area contributed by atoms with E-state index in [0.29, 0.717) is 23.3 Å². The van der Waals surface area contributed by atoms with Crippen LogP contribution in [0.5, 0.6) is 0 Å². The van der Waals surface area contributed by atoms with Crippen molar-refractivity contribution in [3.8, 4) is 0 Å².